The van der Waals surface area contributed by atoms with Gasteiger partial charge in [-0.3, -0.25) is 9.59 Å². The lowest BCUT2D eigenvalue weighted by Gasteiger charge is -2.36. The number of benzene rings is 1. The molecule has 0 aromatic heterocycles. The summed E-state index contributed by atoms with van der Waals surface area (Å²) < 4.78 is 0. The van der Waals surface area contributed by atoms with Gasteiger partial charge in [-0.05, 0) is 44.2 Å². The molecule has 1 aromatic carbocycles. The van der Waals surface area contributed by atoms with Crippen LogP contribution in [0.3, 0.4) is 0 Å². The molecule has 1 fully saturated rings. The summed E-state index contributed by atoms with van der Waals surface area (Å²) in [5.74, 6) is -0.322. The van der Waals surface area contributed by atoms with E-state index in [1.807, 2.05) is 6.07 Å². The van der Waals surface area contributed by atoms with Gasteiger partial charge in [-0.1, -0.05) is 12.1 Å². The summed E-state index contributed by atoms with van der Waals surface area (Å²) in [7, 11) is 0. The molecule has 1 saturated carbocycles. The quantitative estimate of drug-likeness (QED) is 0.679. The third-order valence-corrected chi connectivity index (χ3v) is 4.33. The topological polar surface area (TPSA) is 102 Å². The molecule has 0 bridgehead atoms. The van der Waals surface area contributed by atoms with Crippen molar-refractivity contribution in [2.75, 3.05) is 11.9 Å². The van der Waals surface area contributed by atoms with Gasteiger partial charge in [0.1, 0.15) is 6.07 Å². The fourth-order valence-corrected chi connectivity index (χ4v) is 2.67. The molecule has 1 aromatic rings. The van der Waals surface area contributed by atoms with Gasteiger partial charge in [0, 0.05) is 19.4 Å². The Morgan fingerprint density at radius 2 is 1.92 bits per heavy atom. The van der Waals surface area contributed by atoms with Crippen LogP contribution in [0.1, 0.15) is 50.5 Å². The smallest absolute Gasteiger partial charge is 0.224 e. The van der Waals surface area contributed by atoms with Crippen LogP contribution < -0.4 is 10.6 Å². The van der Waals surface area contributed by atoms with Gasteiger partial charge in [0.25, 0.3) is 0 Å². The zero-order chi connectivity index (χ0) is 17.4. The van der Waals surface area contributed by atoms with E-state index in [4.69, 9.17) is 5.26 Å². The predicted octanol–water partition coefficient (Wildman–Crippen LogP) is 2.09. The van der Waals surface area contributed by atoms with Crippen LogP contribution in [0.25, 0.3) is 0 Å². The Balaban J connectivity index is 1.61. The molecular formula is C18H23N3O3. The molecule has 0 atom stereocenters. The van der Waals surface area contributed by atoms with Crippen LogP contribution in [0.5, 0.6) is 0 Å². The minimum absolute atomic E-state index is 0.108. The van der Waals surface area contributed by atoms with Crippen LogP contribution in [0.15, 0.2) is 24.3 Å². The number of carbonyl (C=O) groups is 2. The molecule has 0 radical (unpaired) electrons. The maximum Gasteiger partial charge on any atom is 0.224 e. The van der Waals surface area contributed by atoms with Crippen molar-refractivity contribution >= 4 is 17.5 Å². The molecule has 3 N–H and O–H groups in total. The normalized spacial score (nSPS) is 15.0. The lowest BCUT2D eigenvalue weighted by Crippen LogP contribution is -2.40. The number of aliphatic hydroxyl groups is 1. The van der Waals surface area contributed by atoms with Crippen molar-refractivity contribution in [1.82, 2.24) is 5.32 Å². The monoisotopic (exact) mass is 329 g/mol. The van der Waals surface area contributed by atoms with E-state index in [9.17, 15) is 14.7 Å². The summed E-state index contributed by atoms with van der Waals surface area (Å²) in [5.41, 5.74) is 0.321. The van der Waals surface area contributed by atoms with E-state index in [2.05, 4.69) is 10.6 Å². The molecule has 1 aliphatic rings. The molecule has 0 saturated heterocycles. The fourth-order valence-electron chi connectivity index (χ4n) is 2.67. The minimum Gasteiger partial charge on any atom is -0.390 e. The van der Waals surface area contributed by atoms with Crippen LogP contribution in [0.2, 0.25) is 0 Å². The molecular weight excluding hydrogens is 306 g/mol. The Labute approximate surface area is 141 Å². The molecule has 24 heavy (non-hydrogen) atoms. The molecule has 0 heterocycles. The van der Waals surface area contributed by atoms with E-state index in [1.165, 1.54) is 0 Å². The highest BCUT2D eigenvalue weighted by Gasteiger charge is 2.33. The van der Waals surface area contributed by atoms with Crippen molar-refractivity contribution in [2.24, 2.45) is 0 Å². The maximum atomic E-state index is 11.9. The summed E-state index contributed by atoms with van der Waals surface area (Å²) in [4.78, 5) is 23.6. The second-order valence-electron chi connectivity index (χ2n) is 6.24. The van der Waals surface area contributed by atoms with Crippen LogP contribution in [-0.4, -0.2) is 29.1 Å². The van der Waals surface area contributed by atoms with E-state index in [1.54, 1.807) is 24.3 Å². The number of nitrogens with one attached hydrogen (secondary N) is 2. The fraction of sp³-hybridized carbons (Fsp3) is 0.500. The van der Waals surface area contributed by atoms with Crippen molar-refractivity contribution in [3.8, 4) is 6.07 Å². The number of hydrogen-bond acceptors (Lipinski definition) is 4. The van der Waals surface area contributed by atoms with Gasteiger partial charge in [0.15, 0.2) is 0 Å². The van der Waals surface area contributed by atoms with Gasteiger partial charge in [-0.2, -0.15) is 5.26 Å². The molecule has 0 unspecified atom stereocenters. The minimum atomic E-state index is -0.582. The van der Waals surface area contributed by atoms with Crippen LogP contribution in [0.4, 0.5) is 5.69 Å². The van der Waals surface area contributed by atoms with Gasteiger partial charge >= 0.3 is 0 Å². The molecule has 1 aliphatic carbocycles. The lowest BCUT2D eigenvalue weighted by atomic mass is 9.78. The Morgan fingerprint density at radius 1 is 1.21 bits per heavy atom. The molecule has 2 rings (SSSR count). The third-order valence-electron chi connectivity index (χ3n) is 4.33. The number of hydrogen-bond donors (Lipinski definition) is 3. The first-order valence-corrected chi connectivity index (χ1v) is 8.30. The standard InChI is InChI=1S/C18H23N3O3/c19-13-14-5-1-2-6-15(14)21-17(23)8-3-7-16(22)20-12-11-18(24)9-4-10-18/h1-2,5-6,24H,3-4,7-12H2,(H,20,22)(H,21,23). The maximum absolute atomic E-state index is 11.9. The highest BCUT2D eigenvalue weighted by atomic mass is 16.3. The molecule has 0 aliphatic heterocycles. The number of rotatable bonds is 8. The van der Waals surface area contributed by atoms with Crippen molar-refractivity contribution in [1.29, 1.82) is 5.26 Å². The zero-order valence-electron chi connectivity index (χ0n) is 13.7. The number of nitrogens with zero attached hydrogens (tertiary/aromatic N) is 1. The highest BCUT2D eigenvalue weighted by Crippen LogP contribution is 2.34. The number of anilines is 1. The van der Waals surface area contributed by atoms with Gasteiger partial charge in [0.05, 0.1) is 16.9 Å². The van der Waals surface area contributed by atoms with Crippen LogP contribution in [0, 0.1) is 11.3 Å². The Bertz CT molecular complexity index is 633. The average Bonchev–Trinajstić information content (AvgIpc) is 2.53. The molecule has 2 amide bonds. The highest BCUT2D eigenvalue weighted by molar-refractivity contribution is 5.92. The van der Waals surface area contributed by atoms with E-state index in [0.717, 1.165) is 19.3 Å². The predicted molar refractivity (Wildman–Crippen MR) is 90.1 cm³/mol. The van der Waals surface area contributed by atoms with E-state index >= 15 is 0 Å². The average molecular weight is 329 g/mol. The lowest BCUT2D eigenvalue weighted by molar-refractivity contribution is -0.121. The van der Waals surface area contributed by atoms with E-state index in [0.29, 0.717) is 30.6 Å². The summed E-state index contributed by atoms with van der Waals surface area (Å²) in [5, 5.41) is 24.4. The molecule has 6 heteroatoms. The van der Waals surface area contributed by atoms with Crippen molar-refractivity contribution < 1.29 is 14.7 Å². The summed E-state index contributed by atoms with van der Waals surface area (Å²) in [6.45, 7) is 0.469. The number of amides is 2. The number of para-hydroxylation sites is 1. The Kier molecular flexibility index (Phi) is 6.33. The van der Waals surface area contributed by atoms with Crippen molar-refractivity contribution in [3.63, 3.8) is 0 Å². The third kappa shape index (κ3) is 5.36. The summed E-state index contributed by atoms with van der Waals surface area (Å²) in [6, 6.07) is 8.82. The second kappa shape index (κ2) is 8.46. The molecule has 128 valence electrons. The van der Waals surface area contributed by atoms with Crippen LogP contribution in [-0.2, 0) is 9.59 Å². The Hall–Kier alpha value is -2.39. The zero-order valence-corrected chi connectivity index (χ0v) is 13.7. The van der Waals surface area contributed by atoms with Crippen molar-refractivity contribution in [3.05, 3.63) is 29.8 Å². The number of nitriles is 1. The first kappa shape index (κ1) is 18.0. The summed E-state index contributed by atoms with van der Waals surface area (Å²) >= 11 is 0. The number of carbonyl (C=O) groups excluding carboxylic acids is 2. The first-order chi connectivity index (χ1) is 11.5. The summed E-state index contributed by atoms with van der Waals surface area (Å²) in [6.07, 6.45) is 4.19. The van der Waals surface area contributed by atoms with Crippen molar-refractivity contribution in [2.45, 2.75) is 50.5 Å². The van der Waals surface area contributed by atoms with Gasteiger partial charge in [0.2, 0.25) is 11.8 Å². The second-order valence-corrected chi connectivity index (χ2v) is 6.24. The molecule has 0 spiro atoms. The van der Waals surface area contributed by atoms with Gasteiger partial charge in [-0.25, -0.2) is 0 Å². The van der Waals surface area contributed by atoms with Gasteiger partial charge < -0.3 is 15.7 Å². The van der Waals surface area contributed by atoms with E-state index in [-0.39, 0.29) is 24.7 Å². The molecule has 6 nitrogen and oxygen atoms in total. The van der Waals surface area contributed by atoms with Gasteiger partial charge in [-0.15, -0.1) is 0 Å². The largest absolute Gasteiger partial charge is 0.390 e. The Morgan fingerprint density at radius 3 is 2.58 bits per heavy atom. The van der Waals surface area contributed by atoms with E-state index < -0.39 is 5.60 Å². The first-order valence-electron chi connectivity index (χ1n) is 8.30. The SMILES string of the molecule is N#Cc1ccccc1NC(=O)CCCC(=O)NCCC1(O)CCC1. The van der Waals surface area contributed by atoms with Crippen LogP contribution >= 0.6 is 0 Å².